The van der Waals surface area contributed by atoms with Gasteiger partial charge in [-0.2, -0.15) is 0 Å². The average molecular weight is 284 g/mol. The number of aliphatic hydroxyl groups is 1. The van der Waals surface area contributed by atoms with Crippen molar-refractivity contribution >= 4 is 0 Å². The molecule has 0 bridgehead atoms. The van der Waals surface area contributed by atoms with Crippen LogP contribution in [-0.4, -0.2) is 24.1 Å². The number of hydrogen-bond acceptors (Lipinski definition) is 3. The highest BCUT2D eigenvalue weighted by Gasteiger charge is 2.39. The summed E-state index contributed by atoms with van der Waals surface area (Å²) in [5.41, 5.74) is 2.03. The van der Waals surface area contributed by atoms with Gasteiger partial charge < -0.3 is 14.6 Å². The molecule has 0 aromatic heterocycles. The van der Waals surface area contributed by atoms with Gasteiger partial charge in [-0.05, 0) is 30.5 Å². The van der Waals surface area contributed by atoms with Crippen molar-refractivity contribution in [2.24, 2.45) is 0 Å². The van der Waals surface area contributed by atoms with E-state index in [0.29, 0.717) is 0 Å². The molecule has 0 amide bonds. The van der Waals surface area contributed by atoms with E-state index in [9.17, 15) is 5.11 Å². The maximum absolute atomic E-state index is 10.7. The molecular formula is C18H20O3. The van der Waals surface area contributed by atoms with Gasteiger partial charge in [0, 0.05) is 0 Å². The molecule has 1 aliphatic heterocycles. The second-order valence-electron chi connectivity index (χ2n) is 5.95. The quantitative estimate of drug-likeness (QED) is 0.919. The molecule has 1 heterocycles. The molecule has 0 atom stereocenters. The molecule has 0 radical (unpaired) electrons. The predicted octanol–water partition coefficient (Wildman–Crippen LogP) is 3.32. The fourth-order valence-electron chi connectivity index (χ4n) is 2.44. The van der Waals surface area contributed by atoms with E-state index in [-0.39, 0.29) is 13.2 Å². The molecule has 3 heteroatoms. The maximum Gasteiger partial charge on any atom is 0.163 e. The Labute approximate surface area is 125 Å². The van der Waals surface area contributed by atoms with E-state index in [1.54, 1.807) is 0 Å². The number of hydrogen-bond donors (Lipinski definition) is 1. The van der Waals surface area contributed by atoms with Crippen LogP contribution in [0.1, 0.15) is 19.4 Å². The van der Waals surface area contributed by atoms with Crippen LogP contribution >= 0.6 is 0 Å². The van der Waals surface area contributed by atoms with Crippen LogP contribution in [0.3, 0.4) is 0 Å². The standard InChI is InChI=1S/C18H20O3/c1-17(2)20-12-18(19,13-21-17)16-10-8-15(9-11-16)14-6-4-3-5-7-14/h3-11,19H,12-13H2,1-2H3. The molecule has 1 fully saturated rings. The highest BCUT2D eigenvalue weighted by Crippen LogP contribution is 2.32. The van der Waals surface area contributed by atoms with Crippen molar-refractivity contribution in [3.63, 3.8) is 0 Å². The molecule has 3 rings (SSSR count). The lowest BCUT2D eigenvalue weighted by Crippen LogP contribution is -2.49. The molecule has 0 spiro atoms. The minimum atomic E-state index is -1.08. The van der Waals surface area contributed by atoms with Crippen molar-refractivity contribution in [1.29, 1.82) is 0 Å². The SMILES string of the molecule is CC1(C)OCC(O)(c2ccc(-c3ccccc3)cc2)CO1. The minimum absolute atomic E-state index is 0.241. The Kier molecular flexibility index (Phi) is 3.57. The van der Waals surface area contributed by atoms with Gasteiger partial charge in [-0.1, -0.05) is 54.6 Å². The summed E-state index contributed by atoms with van der Waals surface area (Å²) in [6.07, 6.45) is 0. The van der Waals surface area contributed by atoms with Crippen molar-refractivity contribution in [2.45, 2.75) is 25.2 Å². The molecule has 0 unspecified atom stereocenters. The first-order valence-corrected chi connectivity index (χ1v) is 7.15. The molecule has 2 aromatic rings. The summed E-state index contributed by atoms with van der Waals surface area (Å²) in [4.78, 5) is 0. The summed E-state index contributed by atoms with van der Waals surface area (Å²) in [6.45, 7) is 4.19. The fourth-order valence-corrected chi connectivity index (χ4v) is 2.44. The van der Waals surface area contributed by atoms with Gasteiger partial charge >= 0.3 is 0 Å². The molecule has 21 heavy (non-hydrogen) atoms. The minimum Gasteiger partial charge on any atom is -0.380 e. The van der Waals surface area contributed by atoms with Crippen LogP contribution in [0.15, 0.2) is 54.6 Å². The predicted molar refractivity (Wildman–Crippen MR) is 81.8 cm³/mol. The second-order valence-corrected chi connectivity index (χ2v) is 5.95. The van der Waals surface area contributed by atoms with Gasteiger partial charge in [-0.25, -0.2) is 0 Å². The molecule has 1 N–H and O–H groups in total. The van der Waals surface area contributed by atoms with E-state index in [1.807, 2.05) is 56.3 Å². The van der Waals surface area contributed by atoms with E-state index >= 15 is 0 Å². The Morgan fingerprint density at radius 1 is 0.810 bits per heavy atom. The Morgan fingerprint density at radius 2 is 1.33 bits per heavy atom. The van der Waals surface area contributed by atoms with E-state index in [0.717, 1.165) is 16.7 Å². The first kappa shape index (κ1) is 14.3. The van der Waals surface area contributed by atoms with Gasteiger partial charge in [0.05, 0.1) is 13.2 Å². The van der Waals surface area contributed by atoms with Gasteiger partial charge in [-0.15, -0.1) is 0 Å². The monoisotopic (exact) mass is 284 g/mol. The third kappa shape index (κ3) is 3.00. The van der Waals surface area contributed by atoms with Crippen LogP contribution in [0, 0.1) is 0 Å². The highest BCUT2D eigenvalue weighted by molar-refractivity contribution is 5.63. The summed E-state index contributed by atoms with van der Waals surface area (Å²) in [7, 11) is 0. The Bertz CT molecular complexity index is 592. The maximum atomic E-state index is 10.7. The largest absolute Gasteiger partial charge is 0.380 e. The zero-order chi connectivity index (χ0) is 14.9. The lowest BCUT2D eigenvalue weighted by Gasteiger charge is -2.40. The molecule has 1 saturated heterocycles. The Balaban J connectivity index is 1.81. The lowest BCUT2D eigenvalue weighted by molar-refractivity contribution is -0.305. The molecule has 0 saturated carbocycles. The Hall–Kier alpha value is -1.68. The van der Waals surface area contributed by atoms with Gasteiger partial charge in [0.15, 0.2) is 5.79 Å². The fraction of sp³-hybridized carbons (Fsp3) is 0.333. The second kappa shape index (κ2) is 5.26. The molecule has 1 aliphatic rings. The third-order valence-corrected chi connectivity index (χ3v) is 3.85. The first-order valence-electron chi connectivity index (χ1n) is 7.15. The molecular weight excluding hydrogens is 264 g/mol. The zero-order valence-electron chi connectivity index (χ0n) is 12.4. The highest BCUT2D eigenvalue weighted by atomic mass is 16.7. The van der Waals surface area contributed by atoms with Crippen LogP contribution in [0.25, 0.3) is 11.1 Å². The summed E-state index contributed by atoms with van der Waals surface area (Å²) in [6, 6.07) is 18.1. The van der Waals surface area contributed by atoms with Crippen LogP contribution < -0.4 is 0 Å². The van der Waals surface area contributed by atoms with Gasteiger partial charge in [-0.3, -0.25) is 0 Å². The zero-order valence-corrected chi connectivity index (χ0v) is 12.4. The van der Waals surface area contributed by atoms with Crippen LogP contribution in [0.2, 0.25) is 0 Å². The van der Waals surface area contributed by atoms with Crippen molar-refractivity contribution in [1.82, 2.24) is 0 Å². The van der Waals surface area contributed by atoms with Crippen LogP contribution in [-0.2, 0) is 15.1 Å². The number of benzene rings is 2. The van der Waals surface area contributed by atoms with Gasteiger partial charge in [0.25, 0.3) is 0 Å². The van der Waals surface area contributed by atoms with Crippen LogP contribution in [0.4, 0.5) is 0 Å². The molecule has 0 aliphatic carbocycles. The molecule has 3 nitrogen and oxygen atoms in total. The summed E-state index contributed by atoms with van der Waals surface area (Å²) >= 11 is 0. The van der Waals surface area contributed by atoms with E-state index < -0.39 is 11.4 Å². The smallest absolute Gasteiger partial charge is 0.163 e. The van der Waals surface area contributed by atoms with Crippen molar-refractivity contribution in [3.05, 3.63) is 60.2 Å². The lowest BCUT2D eigenvalue weighted by atomic mass is 9.92. The molecule has 110 valence electrons. The number of ether oxygens (including phenoxy) is 2. The van der Waals surface area contributed by atoms with Gasteiger partial charge in [0.1, 0.15) is 5.60 Å². The topological polar surface area (TPSA) is 38.7 Å². The van der Waals surface area contributed by atoms with E-state index in [1.165, 1.54) is 0 Å². The van der Waals surface area contributed by atoms with E-state index in [2.05, 4.69) is 12.1 Å². The van der Waals surface area contributed by atoms with Crippen molar-refractivity contribution in [3.8, 4) is 11.1 Å². The van der Waals surface area contributed by atoms with Gasteiger partial charge in [0.2, 0.25) is 0 Å². The van der Waals surface area contributed by atoms with E-state index in [4.69, 9.17) is 9.47 Å². The van der Waals surface area contributed by atoms with Crippen molar-refractivity contribution < 1.29 is 14.6 Å². The first-order chi connectivity index (χ1) is 9.99. The summed E-state index contributed by atoms with van der Waals surface area (Å²) < 4.78 is 11.2. The Morgan fingerprint density at radius 3 is 1.90 bits per heavy atom. The molecule has 2 aromatic carbocycles. The summed E-state index contributed by atoms with van der Waals surface area (Å²) in [5.74, 6) is -0.629. The van der Waals surface area contributed by atoms with Crippen LogP contribution in [0.5, 0.6) is 0 Å². The van der Waals surface area contributed by atoms with Crippen molar-refractivity contribution in [2.75, 3.05) is 13.2 Å². The third-order valence-electron chi connectivity index (χ3n) is 3.85. The number of rotatable bonds is 2. The normalized spacial score (nSPS) is 20.1. The summed E-state index contributed by atoms with van der Waals surface area (Å²) in [5, 5.41) is 10.7. The average Bonchev–Trinajstić information content (AvgIpc) is 2.52.